The van der Waals surface area contributed by atoms with Gasteiger partial charge in [-0.05, 0) is 31.2 Å². The Hall–Kier alpha value is -3.33. The maximum Gasteiger partial charge on any atom is 0.226 e. The van der Waals surface area contributed by atoms with Crippen molar-refractivity contribution in [3.8, 4) is 0 Å². The normalized spacial score (nSPS) is 11.2. The number of aryl methyl sites for hydroxylation is 1. The molecule has 0 atom stereocenters. The van der Waals surface area contributed by atoms with Gasteiger partial charge in [0.05, 0.1) is 0 Å². The predicted molar refractivity (Wildman–Crippen MR) is 114 cm³/mol. The fraction of sp³-hybridized carbons (Fsp3) is 0.200. The van der Waals surface area contributed by atoms with Gasteiger partial charge in [0.25, 0.3) is 0 Å². The highest BCUT2D eigenvalue weighted by Crippen LogP contribution is 2.29. The lowest BCUT2D eigenvalue weighted by atomic mass is 10.2. The number of carbonyl (C=O) groups is 1. The molecule has 3 aromatic heterocycles. The van der Waals surface area contributed by atoms with Crippen LogP contribution in [-0.4, -0.2) is 30.5 Å². The van der Waals surface area contributed by atoms with E-state index in [0.717, 1.165) is 26.9 Å². The number of hydrogen-bond donors (Lipinski definition) is 3. The molecule has 0 aliphatic carbocycles. The molecule has 9 heteroatoms. The Morgan fingerprint density at radius 1 is 1.21 bits per heavy atom. The van der Waals surface area contributed by atoms with Gasteiger partial charge in [-0.25, -0.2) is 9.97 Å². The number of aromatic amines is 1. The number of aromatic nitrogens is 5. The SMILES string of the molecule is Cc1cc(Nc2nc(Sc3ccc(NC(=O)C(C)C)cc3)cc3nccn23)n[nH]1. The zero-order valence-corrected chi connectivity index (χ0v) is 17.1. The second-order valence-corrected chi connectivity index (χ2v) is 8.00. The van der Waals surface area contributed by atoms with Crippen LogP contribution >= 0.6 is 11.8 Å². The lowest BCUT2D eigenvalue weighted by molar-refractivity contribution is -0.118. The summed E-state index contributed by atoms with van der Waals surface area (Å²) >= 11 is 1.52. The summed E-state index contributed by atoms with van der Waals surface area (Å²) in [4.78, 5) is 21.9. The summed E-state index contributed by atoms with van der Waals surface area (Å²) in [6.07, 6.45) is 3.59. The van der Waals surface area contributed by atoms with Crippen molar-refractivity contribution in [1.82, 2.24) is 24.6 Å². The van der Waals surface area contributed by atoms with Crippen LogP contribution in [0.1, 0.15) is 19.5 Å². The third-order valence-corrected chi connectivity index (χ3v) is 5.11. The molecular weight excluding hydrogens is 386 g/mol. The number of imidazole rings is 1. The first kappa shape index (κ1) is 19.0. The molecule has 4 rings (SSSR count). The number of H-pyrrole nitrogens is 1. The van der Waals surface area contributed by atoms with Crippen molar-refractivity contribution in [2.75, 3.05) is 10.6 Å². The van der Waals surface area contributed by atoms with Gasteiger partial charge < -0.3 is 10.6 Å². The minimum Gasteiger partial charge on any atom is -0.326 e. The topological polar surface area (TPSA) is 100 Å². The van der Waals surface area contributed by atoms with Crippen LogP contribution in [0.5, 0.6) is 0 Å². The smallest absolute Gasteiger partial charge is 0.226 e. The molecular formula is C20H21N7OS. The number of amides is 1. The average Bonchev–Trinajstić information content (AvgIpc) is 3.32. The van der Waals surface area contributed by atoms with Crippen molar-refractivity contribution < 1.29 is 4.79 Å². The fourth-order valence-corrected chi connectivity index (χ4v) is 3.46. The summed E-state index contributed by atoms with van der Waals surface area (Å²) < 4.78 is 1.87. The number of hydrogen-bond acceptors (Lipinski definition) is 6. The van der Waals surface area contributed by atoms with Gasteiger partial charge >= 0.3 is 0 Å². The Labute approximate surface area is 172 Å². The van der Waals surface area contributed by atoms with E-state index in [0.29, 0.717) is 11.8 Å². The van der Waals surface area contributed by atoms with Crippen LogP contribution in [0.3, 0.4) is 0 Å². The third kappa shape index (κ3) is 4.40. The summed E-state index contributed by atoms with van der Waals surface area (Å²) in [7, 11) is 0. The molecule has 4 aromatic rings. The molecule has 1 aromatic carbocycles. The summed E-state index contributed by atoms with van der Waals surface area (Å²) in [6.45, 7) is 5.68. The molecule has 29 heavy (non-hydrogen) atoms. The van der Waals surface area contributed by atoms with E-state index in [9.17, 15) is 4.79 Å². The average molecular weight is 408 g/mol. The van der Waals surface area contributed by atoms with E-state index < -0.39 is 0 Å². The van der Waals surface area contributed by atoms with Gasteiger partial charge in [0.2, 0.25) is 11.9 Å². The van der Waals surface area contributed by atoms with E-state index in [4.69, 9.17) is 4.98 Å². The first-order valence-electron chi connectivity index (χ1n) is 9.20. The number of nitrogens with one attached hydrogen (secondary N) is 3. The van der Waals surface area contributed by atoms with Gasteiger partial charge in [-0.3, -0.25) is 14.3 Å². The molecule has 0 aliphatic heterocycles. The molecule has 8 nitrogen and oxygen atoms in total. The number of fused-ring (bicyclic) bond motifs is 1. The Morgan fingerprint density at radius 3 is 2.69 bits per heavy atom. The molecule has 0 aliphatic rings. The Morgan fingerprint density at radius 2 is 2.00 bits per heavy atom. The molecule has 0 unspecified atom stereocenters. The maximum absolute atomic E-state index is 11.8. The van der Waals surface area contributed by atoms with Crippen molar-refractivity contribution in [3.63, 3.8) is 0 Å². The Kier molecular flexibility index (Phi) is 5.22. The first-order chi connectivity index (χ1) is 14.0. The number of nitrogens with zero attached hydrogens (tertiary/aromatic N) is 4. The number of carbonyl (C=O) groups excluding carboxylic acids is 1. The van der Waals surface area contributed by atoms with Gasteiger partial charge in [-0.15, -0.1) is 0 Å². The van der Waals surface area contributed by atoms with Crippen molar-refractivity contribution in [3.05, 3.63) is 54.5 Å². The lowest BCUT2D eigenvalue weighted by Gasteiger charge is -2.10. The van der Waals surface area contributed by atoms with Crippen LogP contribution in [0.25, 0.3) is 5.65 Å². The predicted octanol–water partition coefficient (Wildman–Crippen LogP) is 4.25. The van der Waals surface area contributed by atoms with E-state index in [1.54, 1.807) is 6.20 Å². The molecule has 0 spiro atoms. The minimum absolute atomic E-state index is 0.00106. The molecule has 148 valence electrons. The third-order valence-electron chi connectivity index (χ3n) is 4.18. The zero-order valence-electron chi connectivity index (χ0n) is 16.3. The van der Waals surface area contributed by atoms with Crippen LogP contribution in [0, 0.1) is 12.8 Å². The number of rotatable bonds is 6. The van der Waals surface area contributed by atoms with Crippen molar-refractivity contribution >= 4 is 40.8 Å². The molecule has 3 N–H and O–H groups in total. The van der Waals surface area contributed by atoms with Crippen LogP contribution < -0.4 is 10.6 Å². The number of benzene rings is 1. The number of anilines is 3. The van der Waals surface area contributed by atoms with Gasteiger partial charge in [0, 0.05) is 46.7 Å². The lowest BCUT2D eigenvalue weighted by Crippen LogP contribution is -2.17. The van der Waals surface area contributed by atoms with E-state index >= 15 is 0 Å². The minimum atomic E-state index is -0.0567. The van der Waals surface area contributed by atoms with E-state index in [-0.39, 0.29) is 11.8 Å². The monoisotopic (exact) mass is 407 g/mol. The summed E-state index contributed by atoms with van der Waals surface area (Å²) in [5, 5.41) is 14.0. The second kappa shape index (κ2) is 7.96. The van der Waals surface area contributed by atoms with Gasteiger partial charge in [0.1, 0.15) is 10.7 Å². The second-order valence-electron chi connectivity index (χ2n) is 6.91. The quantitative estimate of drug-likeness (QED) is 0.413. The van der Waals surface area contributed by atoms with Crippen LogP contribution in [0.4, 0.5) is 17.5 Å². The summed E-state index contributed by atoms with van der Waals surface area (Å²) in [5.41, 5.74) is 2.53. The molecule has 1 amide bonds. The zero-order chi connectivity index (χ0) is 20.4. The van der Waals surface area contributed by atoms with E-state index in [1.807, 2.05) is 67.8 Å². The van der Waals surface area contributed by atoms with Crippen molar-refractivity contribution in [1.29, 1.82) is 0 Å². The van der Waals surface area contributed by atoms with E-state index in [2.05, 4.69) is 25.8 Å². The first-order valence-corrected chi connectivity index (χ1v) is 10.0. The van der Waals surface area contributed by atoms with Crippen molar-refractivity contribution in [2.24, 2.45) is 5.92 Å². The van der Waals surface area contributed by atoms with Crippen LogP contribution in [0.15, 0.2) is 58.7 Å². The Balaban J connectivity index is 1.55. The largest absolute Gasteiger partial charge is 0.326 e. The standard InChI is InChI=1S/C20H21N7OS/c1-12(2)19(28)22-14-4-6-15(7-5-14)29-18-11-17-21-8-9-27(17)20(24-18)23-16-10-13(3)25-26-16/h4-12H,1-3H3,(H,22,28)(H2,23,24,25,26). The van der Waals surface area contributed by atoms with Gasteiger partial charge in [0.15, 0.2) is 5.82 Å². The molecule has 0 bridgehead atoms. The summed E-state index contributed by atoms with van der Waals surface area (Å²) in [5.74, 6) is 1.27. The molecule has 3 heterocycles. The van der Waals surface area contributed by atoms with E-state index in [1.165, 1.54) is 11.8 Å². The van der Waals surface area contributed by atoms with Gasteiger partial charge in [-0.1, -0.05) is 25.6 Å². The van der Waals surface area contributed by atoms with Crippen molar-refractivity contribution in [2.45, 2.75) is 30.7 Å². The molecule has 0 radical (unpaired) electrons. The molecule has 0 saturated carbocycles. The summed E-state index contributed by atoms with van der Waals surface area (Å²) in [6, 6.07) is 11.5. The Bertz CT molecular complexity index is 1150. The fourth-order valence-electron chi connectivity index (χ4n) is 2.65. The maximum atomic E-state index is 11.8. The highest BCUT2D eigenvalue weighted by atomic mass is 32.2. The van der Waals surface area contributed by atoms with Crippen LogP contribution in [0.2, 0.25) is 0 Å². The van der Waals surface area contributed by atoms with Crippen LogP contribution in [-0.2, 0) is 4.79 Å². The molecule has 0 saturated heterocycles. The highest BCUT2D eigenvalue weighted by Gasteiger charge is 2.11. The highest BCUT2D eigenvalue weighted by molar-refractivity contribution is 7.99. The van der Waals surface area contributed by atoms with Gasteiger partial charge in [-0.2, -0.15) is 5.10 Å². The molecule has 0 fully saturated rings.